The fourth-order valence-electron chi connectivity index (χ4n) is 1.80. The van der Waals surface area contributed by atoms with Gasteiger partial charge < -0.3 is 10.6 Å². The lowest BCUT2D eigenvalue weighted by Crippen LogP contribution is -2.36. The van der Waals surface area contributed by atoms with Gasteiger partial charge in [-0.1, -0.05) is 0 Å². The highest BCUT2D eigenvalue weighted by atomic mass is 79.9. The second-order valence-corrected chi connectivity index (χ2v) is 5.90. The van der Waals surface area contributed by atoms with Crippen molar-refractivity contribution in [3.05, 3.63) is 20.8 Å². The molecular weight excluding hydrogens is 324 g/mol. The second kappa shape index (κ2) is 7.36. The number of aryl methyl sites for hydroxylation is 1. The number of amides is 1. The van der Waals surface area contributed by atoms with Crippen LogP contribution in [0.2, 0.25) is 0 Å². The monoisotopic (exact) mass is 338 g/mol. The minimum Gasteiger partial charge on any atom is -0.352 e. The van der Waals surface area contributed by atoms with Crippen LogP contribution in [0.3, 0.4) is 0 Å². The Morgan fingerprint density at radius 3 is 3.06 bits per heavy atom. The van der Waals surface area contributed by atoms with Gasteiger partial charge in [-0.05, 0) is 41.4 Å². The van der Waals surface area contributed by atoms with Crippen molar-refractivity contribution in [3.63, 3.8) is 0 Å². The Kier molecular flexibility index (Phi) is 6.48. The molecule has 1 saturated heterocycles. The maximum Gasteiger partial charge on any atom is 0.220 e. The molecule has 96 valence electrons. The number of carbonyl (C=O) groups excluding carboxylic acids is 1. The summed E-state index contributed by atoms with van der Waals surface area (Å²) in [6, 6.07) is 2.41. The lowest BCUT2D eigenvalue weighted by atomic mass is 10.2. The molecule has 1 amide bonds. The summed E-state index contributed by atoms with van der Waals surface area (Å²) in [7, 11) is 0. The van der Waals surface area contributed by atoms with Crippen molar-refractivity contribution in [3.8, 4) is 0 Å². The highest BCUT2D eigenvalue weighted by Crippen LogP contribution is 2.20. The molecule has 2 heterocycles. The van der Waals surface area contributed by atoms with Crippen LogP contribution in [0.4, 0.5) is 0 Å². The smallest absolute Gasteiger partial charge is 0.220 e. The zero-order valence-corrected chi connectivity index (χ0v) is 12.6. The van der Waals surface area contributed by atoms with Gasteiger partial charge in [-0.3, -0.25) is 4.79 Å². The minimum atomic E-state index is 0. The maximum absolute atomic E-state index is 11.6. The number of nitrogens with one attached hydrogen (secondary N) is 2. The lowest BCUT2D eigenvalue weighted by molar-refractivity contribution is -0.121. The number of thiophene rings is 1. The van der Waals surface area contributed by atoms with Crippen LogP contribution in [0.1, 0.15) is 17.7 Å². The van der Waals surface area contributed by atoms with E-state index in [1.807, 2.05) is 5.38 Å². The molecule has 1 fully saturated rings. The van der Waals surface area contributed by atoms with Gasteiger partial charge in [-0.15, -0.1) is 23.7 Å². The Morgan fingerprint density at radius 2 is 2.47 bits per heavy atom. The van der Waals surface area contributed by atoms with Gasteiger partial charge in [0.25, 0.3) is 0 Å². The number of hydrogen-bond acceptors (Lipinski definition) is 3. The third kappa shape index (κ3) is 4.95. The van der Waals surface area contributed by atoms with Gasteiger partial charge in [0.05, 0.1) is 0 Å². The molecule has 0 aliphatic carbocycles. The van der Waals surface area contributed by atoms with E-state index in [9.17, 15) is 4.79 Å². The summed E-state index contributed by atoms with van der Waals surface area (Å²) >= 11 is 5.11. The number of halogens is 2. The van der Waals surface area contributed by atoms with Crippen LogP contribution in [-0.4, -0.2) is 25.0 Å². The Morgan fingerprint density at radius 1 is 1.65 bits per heavy atom. The van der Waals surface area contributed by atoms with E-state index in [-0.39, 0.29) is 18.3 Å². The number of rotatable bonds is 4. The normalized spacial score (nSPS) is 18.8. The molecule has 0 bridgehead atoms. The molecule has 0 saturated carbocycles. The van der Waals surface area contributed by atoms with Crippen LogP contribution >= 0.6 is 39.7 Å². The van der Waals surface area contributed by atoms with E-state index in [0.29, 0.717) is 12.5 Å². The third-order valence-corrected chi connectivity index (χ3v) is 4.40. The van der Waals surface area contributed by atoms with Crippen LogP contribution in [0.25, 0.3) is 0 Å². The van der Waals surface area contributed by atoms with Gasteiger partial charge in [0.15, 0.2) is 0 Å². The molecule has 1 aromatic rings. The minimum absolute atomic E-state index is 0. The predicted octanol–water partition coefficient (Wildman–Crippen LogP) is 2.34. The Labute approximate surface area is 120 Å². The van der Waals surface area contributed by atoms with Gasteiger partial charge in [-0.2, -0.15) is 0 Å². The molecule has 3 nitrogen and oxygen atoms in total. The molecule has 1 atom stereocenters. The summed E-state index contributed by atoms with van der Waals surface area (Å²) in [6.45, 7) is 1.93. The van der Waals surface area contributed by atoms with Crippen molar-refractivity contribution in [2.45, 2.75) is 25.3 Å². The summed E-state index contributed by atoms with van der Waals surface area (Å²) < 4.78 is 1.10. The first kappa shape index (κ1) is 15.0. The first-order chi connectivity index (χ1) is 7.74. The van der Waals surface area contributed by atoms with Gasteiger partial charge >= 0.3 is 0 Å². The van der Waals surface area contributed by atoms with E-state index in [1.54, 1.807) is 11.3 Å². The van der Waals surface area contributed by atoms with Crippen molar-refractivity contribution >= 4 is 45.6 Å². The lowest BCUT2D eigenvalue weighted by Gasteiger charge is -2.10. The summed E-state index contributed by atoms with van der Waals surface area (Å²) in [4.78, 5) is 12.9. The highest BCUT2D eigenvalue weighted by molar-refractivity contribution is 9.10. The van der Waals surface area contributed by atoms with Crippen LogP contribution in [0.5, 0.6) is 0 Å². The predicted molar refractivity (Wildman–Crippen MR) is 77.0 cm³/mol. The molecule has 2 rings (SSSR count). The summed E-state index contributed by atoms with van der Waals surface area (Å²) in [5.41, 5.74) is 0. The van der Waals surface area contributed by atoms with E-state index in [1.165, 1.54) is 4.88 Å². The van der Waals surface area contributed by atoms with Crippen molar-refractivity contribution < 1.29 is 4.79 Å². The van der Waals surface area contributed by atoms with Crippen molar-refractivity contribution in [1.82, 2.24) is 10.6 Å². The Hall–Kier alpha value is -0.100. The van der Waals surface area contributed by atoms with Crippen LogP contribution in [0, 0.1) is 0 Å². The van der Waals surface area contributed by atoms with E-state index >= 15 is 0 Å². The largest absolute Gasteiger partial charge is 0.352 e. The fourth-order valence-corrected chi connectivity index (χ4v) is 3.25. The van der Waals surface area contributed by atoms with Gasteiger partial charge in [0, 0.05) is 33.7 Å². The Balaban J connectivity index is 0.00000144. The summed E-state index contributed by atoms with van der Waals surface area (Å²) in [6.07, 6.45) is 2.47. The third-order valence-electron chi connectivity index (χ3n) is 2.65. The van der Waals surface area contributed by atoms with Crippen molar-refractivity contribution in [1.29, 1.82) is 0 Å². The van der Waals surface area contributed by atoms with E-state index in [0.717, 1.165) is 30.4 Å². The Bertz CT molecular complexity index is 366. The number of hydrogen-bond donors (Lipinski definition) is 2. The van der Waals surface area contributed by atoms with E-state index in [4.69, 9.17) is 0 Å². The molecule has 1 unspecified atom stereocenters. The van der Waals surface area contributed by atoms with Crippen LogP contribution in [0.15, 0.2) is 15.9 Å². The van der Waals surface area contributed by atoms with Crippen LogP contribution < -0.4 is 10.6 Å². The van der Waals surface area contributed by atoms with Gasteiger partial charge in [-0.25, -0.2) is 0 Å². The van der Waals surface area contributed by atoms with E-state index in [2.05, 4.69) is 32.6 Å². The summed E-state index contributed by atoms with van der Waals surface area (Å²) in [5, 5.41) is 8.33. The molecule has 1 aliphatic rings. The SMILES string of the molecule is Cl.O=C(CCc1cc(Br)cs1)NC1CCNC1. The van der Waals surface area contributed by atoms with Gasteiger partial charge in [0.1, 0.15) is 0 Å². The molecule has 1 aromatic heterocycles. The summed E-state index contributed by atoms with van der Waals surface area (Å²) in [5.74, 6) is 0.165. The molecule has 1 aliphatic heterocycles. The standard InChI is InChI=1S/C11H15BrN2OS.ClH/c12-8-5-10(16-7-8)1-2-11(15)14-9-3-4-13-6-9;/h5,7,9,13H,1-4,6H2,(H,14,15);1H. The zero-order valence-electron chi connectivity index (χ0n) is 9.37. The highest BCUT2D eigenvalue weighted by Gasteiger charge is 2.16. The van der Waals surface area contributed by atoms with Crippen molar-refractivity contribution in [2.75, 3.05) is 13.1 Å². The van der Waals surface area contributed by atoms with Crippen molar-refractivity contribution in [2.24, 2.45) is 0 Å². The molecule has 0 aromatic carbocycles. The molecular formula is C11H16BrClN2OS. The first-order valence-electron chi connectivity index (χ1n) is 5.47. The molecule has 17 heavy (non-hydrogen) atoms. The maximum atomic E-state index is 11.6. The van der Waals surface area contributed by atoms with E-state index < -0.39 is 0 Å². The quantitative estimate of drug-likeness (QED) is 0.884. The van der Waals surface area contributed by atoms with Crippen LogP contribution in [-0.2, 0) is 11.2 Å². The molecule has 2 N–H and O–H groups in total. The topological polar surface area (TPSA) is 41.1 Å². The average Bonchev–Trinajstić information content (AvgIpc) is 2.87. The number of carbonyl (C=O) groups is 1. The zero-order chi connectivity index (χ0) is 11.4. The van der Waals surface area contributed by atoms with Gasteiger partial charge in [0.2, 0.25) is 5.91 Å². The fraction of sp³-hybridized carbons (Fsp3) is 0.545. The first-order valence-corrected chi connectivity index (χ1v) is 7.14. The molecule has 6 heteroatoms. The second-order valence-electron chi connectivity index (χ2n) is 3.99. The average molecular weight is 340 g/mol. The molecule has 0 radical (unpaired) electrons. The molecule has 0 spiro atoms.